The summed E-state index contributed by atoms with van der Waals surface area (Å²) in [5, 5.41) is 2.90. The fourth-order valence-electron chi connectivity index (χ4n) is 4.36. The zero-order valence-electron chi connectivity index (χ0n) is 23.6. The molecule has 0 saturated carbocycles. The Balaban J connectivity index is 1.31. The maximum atomic E-state index is 12.6. The third-order valence-electron chi connectivity index (χ3n) is 6.47. The highest BCUT2D eigenvalue weighted by molar-refractivity contribution is 7.99. The molecule has 40 heavy (non-hydrogen) atoms. The fourth-order valence-corrected chi connectivity index (χ4v) is 5.46. The van der Waals surface area contributed by atoms with Crippen molar-refractivity contribution in [2.45, 2.75) is 74.4 Å². The molecule has 5 rings (SSSR count). The molecular weight excluding hydrogens is 522 g/mol. The van der Waals surface area contributed by atoms with Gasteiger partial charge in [0.1, 0.15) is 18.0 Å². The van der Waals surface area contributed by atoms with E-state index >= 15 is 0 Å². The molecule has 0 unspecified atom stereocenters. The summed E-state index contributed by atoms with van der Waals surface area (Å²) in [6, 6.07) is 22.7. The molecule has 0 aliphatic carbocycles. The third kappa shape index (κ3) is 7.19. The Labute approximate surface area is 240 Å². The Morgan fingerprint density at radius 2 is 1.73 bits per heavy atom. The quantitative estimate of drug-likeness (QED) is 0.281. The van der Waals surface area contributed by atoms with Gasteiger partial charge in [-0.15, -0.1) is 0 Å². The van der Waals surface area contributed by atoms with Crippen LogP contribution < -0.4 is 10.1 Å². The first-order chi connectivity index (χ1) is 19.0. The molecule has 1 fully saturated rings. The smallest absolute Gasteiger partial charge is 0.409 e. The molecule has 1 amide bonds. The molecule has 2 aliphatic rings. The van der Waals surface area contributed by atoms with Crippen LogP contribution >= 0.6 is 11.8 Å². The summed E-state index contributed by atoms with van der Waals surface area (Å²) in [7, 11) is 0. The second kappa shape index (κ2) is 11.2. The normalized spacial score (nSPS) is 16.9. The highest BCUT2D eigenvalue weighted by Gasteiger charge is 2.41. The molecule has 1 N–H and O–H groups in total. The highest BCUT2D eigenvalue weighted by atomic mass is 32.2. The first kappa shape index (κ1) is 28.1. The van der Waals surface area contributed by atoms with E-state index in [1.54, 1.807) is 11.8 Å². The van der Waals surface area contributed by atoms with Gasteiger partial charge < -0.3 is 24.3 Å². The van der Waals surface area contributed by atoms with Gasteiger partial charge in [-0.25, -0.2) is 4.79 Å². The van der Waals surface area contributed by atoms with Crippen molar-refractivity contribution in [2.24, 2.45) is 0 Å². The highest BCUT2D eigenvalue weighted by Crippen LogP contribution is 2.41. The lowest BCUT2D eigenvalue weighted by Gasteiger charge is -2.41. The van der Waals surface area contributed by atoms with Crippen LogP contribution in [0.5, 0.6) is 5.75 Å². The molecule has 1 saturated heterocycles. The minimum absolute atomic E-state index is 0.188. The molecule has 0 bridgehead atoms. The van der Waals surface area contributed by atoms with E-state index in [9.17, 15) is 4.79 Å². The van der Waals surface area contributed by atoms with Crippen LogP contribution in [-0.4, -0.2) is 36.2 Å². The van der Waals surface area contributed by atoms with Gasteiger partial charge in [-0.3, -0.25) is 0 Å². The van der Waals surface area contributed by atoms with Gasteiger partial charge in [-0.1, -0.05) is 60.0 Å². The number of benzene rings is 3. The van der Waals surface area contributed by atoms with E-state index in [4.69, 9.17) is 18.9 Å². The number of ether oxygens (including phenoxy) is 4. The second-order valence-corrected chi connectivity index (χ2v) is 12.7. The Kier molecular flexibility index (Phi) is 7.87. The molecule has 0 radical (unpaired) electrons. The number of carbonyl (C=O) groups is 1. The van der Waals surface area contributed by atoms with E-state index in [-0.39, 0.29) is 13.2 Å². The maximum absolute atomic E-state index is 12.6. The summed E-state index contributed by atoms with van der Waals surface area (Å²) >= 11 is 1.73. The van der Waals surface area contributed by atoms with E-state index < -0.39 is 23.0 Å². The van der Waals surface area contributed by atoms with E-state index in [2.05, 4.69) is 53.6 Å². The molecule has 0 aromatic heterocycles. The molecule has 3 aromatic carbocycles. The Hall–Kier alpha value is -3.44. The zero-order valence-corrected chi connectivity index (χ0v) is 24.4. The van der Waals surface area contributed by atoms with Gasteiger partial charge in [0.15, 0.2) is 11.3 Å². The Morgan fingerprint density at radius 1 is 0.975 bits per heavy atom. The van der Waals surface area contributed by atoms with E-state index in [1.165, 1.54) is 20.9 Å². The Morgan fingerprint density at radius 3 is 2.45 bits per heavy atom. The summed E-state index contributed by atoms with van der Waals surface area (Å²) in [5.41, 5.74) is 2.84. The number of hydrogen-bond acceptors (Lipinski definition) is 6. The lowest BCUT2D eigenvalue weighted by Crippen LogP contribution is -2.60. The van der Waals surface area contributed by atoms with Crippen LogP contribution in [0.15, 0.2) is 76.5 Å². The van der Waals surface area contributed by atoms with Gasteiger partial charge in [-0.05, 0) is 88.1 Å². The molecule has 0 spiro atoms. The molecule has 3 aromatic rings. The van der Waals surface area contributed by atoms with Gasteiger partial charge in [0.25, 0.3) is 0 Å². The van der Waals surface area contributed by atoms with Crippen molar-refractivity contribution < 1.29 is 23.7 Å². The third-order valence-corrected chi connectivity index (χ3v) is 7.69. The van der Waals surface area contributed by atoms with Crippen molar-refractivity contribution in [1.29, 1.82) is 0 Å². The van der Waals surface area contributed by atoms with Gasteiger partial charge in [-0.2, -0.15) is 0 Å². The van der Waals surface area contributed by atoms with Gasteiger partial charge in [0.05, 0.1) is 13.2 Å². The van der Waals surface area contributed by atoms with Crippen molar-refractivity contribution in [2.75, 3.05) is 13.2 Å². The molecule has 2 heterocycles. The molecule has 7 heteroatoms. The van der Waals surface area contributed by atoms with Gasteiger partial charge >= 0.3 is 6.09 Å². The van der Waals surface area contributed by atoms with Crippen molar-refractivity contribution in [3.05, 3.63) is 89.0 Å². The summed E-state index contributed by atoms with van der Waals surface area (Å²) in [5.74, 6) is 6.61. The van der Waals surface area contributed by atoms with E-state index in [0.717, 1.165) is 23.3 Å². The van der Waals surface area contributed by atoms with Crippen LogP contribution in [0.3, 0.4) is 0 Å². The zero-order chi connectivity index (χ0) is 28.4. The lowest BCUT2D eigenvalue weighted by atomic mass is 9.99. The standard InChI is InChI=1S/C33H35NO5S/c1-31(2,3)39-30(35)34-33(21-37-32(4,5)38-22-33)16-15-23-11-12-25-18-26-19-27(13-14-28(26)40-29(25)17-23)36-20-24-9-7-6-8-10-24/h6-14,17,19H,18,20-22H2,1-5H3,(H,34,35). The number of rotatable bonds is 4. The van der Waals surface area contributed by atoms with Crippen molar-refractivity contribution >= 4 is 17.9 Å². The van der Waals surface area contributed by atoms with Crippen LogP contribution in [0.25, 0.3) is 0 Å². The van der Waals surface area contributed by atoms with Crippen LogP contribution in [0.4, 0.5) is 4.79 Å². The van der Waals surface area contributed by atoms with E-state index in [0.29, 0.717) is 6.61 Å². The summed E-state index contributed by atoms with van der Waals surface area (Å²) in [6.45, 7) is 10.1. The average Bonchev–Trinajstić information content (AvgIpc) is 2.90. The number of amides is 1. The summed E-state index contributed by atoms with van der Waals surface area (Å²) < 4.78 is 23.3. The monoisotopic (exact) mass is 557 g/mol. The lowest BCUT2D eigenvalue weighted by molar-refractivity contribution is -0.262. The van der Waals surface area contributed by atoms with Crippen molar-refractivity contribution in [3.63, 3.8) is 0 Å². The summed E-state index contributed by atoms with van der Waals surface area (Å²) in [4.78, 5) is 15.0. The maximum Gasteiger partial charge on any atom is 0.409 e. The van der Waals surface area contributed by atoms with Gasteiger partial charge in [0, 0.05) is 15.4 Å². The minimum Gasteiger partial charge on any atom is -0.489 e. The number of fused-ring (bicyclic) bond motifs is 2. The molecular formula is C33H35NO5S. The first-order valence-electron chi connectivity index (χ1n) is 13.4. The summed E-state index contributed by atoms with van der Waals surface area (Å²) in [6.07, 6.45) is 0.271. The fraction of sp³-hybridized carbons (Fsp3) is 0.364. The first-order valence-corrected chi connectivity index (χ1v) is 14.2. The van der Waals surface area contributed by atoms with Crippen molar-refractivity contribution in [1.82, 2.24) is 5.32 Å². The van der Waals surface area contributed by atoms with Crippen LogP contribution in [0, 0.1) is 11.8 Å². The Bertz CT molecular complexity index is 1440. The van der Waals surface area contributed by atoms with Crippen molar-refractivity contribution in [3.8, 4) is 17.6 Å². The van der Waals surface area contributed by atoms with Crippen LogP contribution in [0.1, 0.15) is 56.9 Å². The minimum atomic E-state index is -1.02. The molecule has 6 nitrogen and oxygen atoms in total. The van der Waals surface area contributed by atoms with Crippen LogP contribution in [-0.2, 0) is 27.2 Å². The molecule has 2 aliphatic heterocycles. The van der Waals surface area contributed by atoms with Crippen LogP contribution in [0.2, 0.25) is 0 Å². The second-order valence-electron chi connectivity index (χ2n) is 11.6. The topological polar surface area (TPSA) is 66.0 Å². The number of alkyl carbamates (subject to hydrolysis) is 1. The predicted octanol–water partition coefficient (Wildman–Crippen LogP) is 6.72. The number of hydrogen-bond donors (Lipinski definition) is 1. The number of carbonyl (C=O) groups excluding carboxylic acids is 1. The van der Waals surface area contributed by atoms with Gasteiger partial charge in [0.2, 0.25) is 0 Å². The average molecular weight is 558 g/mol. The largest absolute Gasteiger partial charge is 0.489 e. The molecule has 208 valence electrons. The predicted molar refractivity (Wildman–Crippen MR) is 156 cm³/mol. The molecule has 0 atom stereocenters. The SMILES string of the molecule is CC(C)(C)OC(=O)NC1(C#Cc2ccc3c(c2)Sc2ccc(OCc4ccccc4)cc2C3)COC(C)(C)OC1. The van der Waals surface area contributed by atoms with E-state index in [1.807, 2.05) is 65.0 Å². The number of nitrogens with one attached hydrogen (secondary N) is 1.